The zero-order valence-electron chi connectivity index (χ0n) is 16.0. The highest BCUT2D eigenvalue weighted by atomic mass is 35.5. The van der Waals surface area contributed by atoms with E-state index in [0.717, 1.165) is 5.75 Å². The number of para-hydroxylation sites is 1. The third-order valence-electron chi connectivity index (χ3n) is 5.53. The van der Waals surface area contributed by atoms with Crippen molar-refractivity contribution in [2.45, 2.75) is 17.7 Å². The molecule has 3 amide bonds. The Hall–Kier alpha value is -1.96. The van der Waals surface area contributed by atoms with E-state index in [4.69, 9.17) is 23.2 Å². The summed E-state index contributed by atoms with van der Waals surface area (Å²) >= 11 is 14.0. The molecule has 2 aromatic rings. The summed E-state index contributed by atoms with van der Waals surface area (Å²) in [5.41, 5.74) is 0.592. The van der Waals surface area contributed by atoms with Crippen molar-refractivity contribution in [3.63, 3.8) is 0 Å². The van der Waals surface area contributed by atoms with Crippen molar-refractivity contribution in [2.75, 3.05) is 30.7 Å². The molecule has 2 saturated heterocycles. The second kappa shape index (κ2) is 8.65. The van der Waals surface area contributed by atoms with Gasteiger partial charge in [0.2, 0.25) is 0 Å². The van der Waals surface area contributed by atoms with Gasteiger partial charge in [-0.1, -0.05) is 35.3 Å². The third kappa shape index (κ3) is 4.11. The van der Waals surface area contributed by atoms with Crippen LogP contribution in [0.15, 0.2) is 42.5 Å². The summed E-state index contributed by atoms with van der Waals surface area (Å²) in [5, 5.41) is 3.44. The summed E-state index contributed by atoms with van der Waals surface area (Å²) in [4.78, 5) is 28.9. The molecule has 0 bridgehead atoms. The van der Waals surface area contributed by atoms with Crippen molar-refractivity contribution in [3.8, 4) is 0 Å². The fourth-order valence-corrected chi connectivity index (χ4v) is 5.88. The van der Waals surface area contributed by atoms with Crippen LogP contribution in [0.2, 0.25) is 10.0 Å². The average Bonchev–Trinajstić information content (AvgIpc) is 3.12. The number of nitrogens with one attached hydrogen (secondary N) is 1. The lowest BCUT2D eigenvalue weighted by atomic mass is 10.0. The highest BCUT2D eigenvalue weighted by Crippen LogP contribution is 2.45. The molecule has 1 N–H and O–H groups in total. The van der Waals surface area contributed by atoms with E-state index in [9.17, 15) is 14.0 Å². The van der Waals surface area contributed by atoms with Gasteiger partial charge in [0.15, 0.2) is 0 Å². The minimum Gasteiger partial charge on any atom is -0.324 e. The maximum atomic E-state index is 13.8. The van der Waals surface area contributed by atoms with Crippen LogP contribution in [0.25, 0.3) is 0 Å². The van der Waals surface area contributed by atoms with Crippen LogP contribution in [0.5, 0.6) is 0 Å². The van der Waals surface area contributed by atoms with Gasteiger partial charge in [-0.3, -0.25) is 4.79 Å². The third-order valence-corrected chi connectivity index (χ3v) is 7.63. The van der Waals surface area contributed by atoms with Crippen LogP contribution in [-0.4, -0.2) is 52.0 Å². The van der Waals surface area contributed by atoms with Crippen LogP contribution < -0.4 is 5.32 Å². The molecule has 2 heterocycles. The molecule has 4 rings (SSSR count). The van der Waals surface area contributed by atoms with E-state index >= 15 is 0 Å². The van der Waals surface area contributed by atoms with Gasteiger partial charge >= 0.3 is 6.03 Å². The molecule has 0 atom stereocenters. The van der Waals surface area contributed by atoms with Crippen molar-refractivity contribution in [1.29, 1.82) is 0 Å². The van der Waals surface area contributed by atoms with Gasteiger partial charge in [0, 0.05) is 30.4 Å². The van der Waals surface area contributed by atoms with Gasteiger partial charge in [-0.15, -0.1) is 11.8 Å². The van der Waals surface area contributed by atoms with Crippen LogP contribution in [0.1, 0.15) is 23.2 Å². The fraction of sp³-hybridized carbons (Fsp3) is 0.333. The molecule has 1 spiro atoms. The predicted molar refractivity (Wildman–Crippen MR) is 119 cm³/mol. The van der Waals surface area contributed by atoms with Crippen molar-refractivity contribution >= 4 is 52.6 Å². The highest BCUT2D eigenvalue weighted by molar-refractivity contribution is 8.00. The Morgan fingerprint density at radius 1 is 1.07 bits per heavy atom. The first-order valence-corrected chi connectivity index (χ1v) is 11.4. The van der Waals surface area contributed by atoms with E-state index in [1.165, 1.54) is 12.1 Å². The van der Waals surface area contributed by atoms with E-state index in [-0.39, 0.29) is 22.5 Å². The number of urea groups is 1. The zero-order chi connectivity index (χ0) is 21.3. The molecule has 158 valence electrons. The Bertz CT molecular complexity index is 982. The Morgan fingerprint density at radius 2 is 1.80 bits per heavy atom. The van der Waals surface area contributed by atoms with Gasteiger partial charge < -0.3 is 15.1 Å². The minimum atomic E-state index is -0.470. The smallest absolute Gasteiger partial charge is 0.321 e. The standard InChI is InChI=1S/C21H20Cl2FN3O2S/c22-14-5-6-15(16(23)13-14)19(28)27-11-12-30-21(27)7-9-26(10-8-21)20(29)25-18-4-2-1-3-17(18)24/h1-6,13H,7-12H2,(H,25,29). The van der Waals surface area contributed by atoms with Crippen LogP contribution in [0.4, 0.5) is 14.9 Å². The maximum absolute atomic E-state index is 13.8. The van der Waals surface area contributed by atoms with Crippen LogP contribution in [0, 0.1) is 5.82 Å². The molecule has 0 aromatic heterocycles. The van der Waals surface area contributed by atoms with Crippen LogP contribution >= 0.6 is 35.0 Å². The number of piperidine rings is 1. The van der Waals surface area contributed by atoms with Gasteiger partial charge in [-0.05, 0) is 43.2 Å². The van der Waals surface area contributed by atoms with E-state index < -0.39 is 5.82 Å². The molecular weight excluding hydrogens is 448 g/mol. The molecule has 2 fully saturated rings. The van der Waals surface area contributed by atoms with E-state index in [1.54, 1.807) is 47.0 Å². The predicted octanol–water partition coefficient (Wildman–Crippen LogP) is 5.35. The molecule has 0 radical (unpaired) electrons. The molecule has 2 aromatic carbocycles. The number of benzene rings is 2. The highest BCUT2D eigenvalue weighted by Gasteiger charge is 2.47. The number of rotatable bonds is 2. The van der Waals surface area contributed by atoms with Crippen LogP contribution in [-0.2, 0) is 0 Å². The molecular formula is C21H20Cl2FN3O2S. The Morgan fingerprint density at radius 3 is 2.50 bits per heavy atom. The van der Waals surface area contributed by atoms with E-state index in [2.05, 4.69) is 5.32 Å². The zero-order valence-corrected chi connectivity index (χ0v) is 18.4. The topological polar surface area (TPSA) is 52.7 Å². The van der Waals surface area contributed by atoms with Crippen molar-refractivity contribution < 1.29 is 14.0 Å². The SMILES string of the molecule is O=C(Nc1ccccc1F)N1CCC2(CC1)SCCN2C(=O)c1ccc(Cl)cc1Cl. The molecule has 0 unspecified atom stereocenters. The molecule has 2 aliphatic heterocycles. The van der Waals surface area contributed by atoms with Crippen LogP contribution in [0.3, 0.4) is 0 Å². The van der Waals surface area contributed by atoms with Gasteiger partial charge in [0.05, 0.1) is 21.1 Å². The summed E-state index contributed by atoms with van der Waals surface area (Å²) in [6.07, 6.45) is 1.28. The summed E-state index contributed by atoms with van der Waals surface area (Å²) < 4.78 is 13.8. The average molecular weight is 468 g/mol. The largest absolute Gasteiger partial charge is 0.324 e. The lowest BCUT2D eigenvalue weighted by Gasteiger charge is -2.44. The number of nitrogens with zero attached hydrogens (tertiary/aromatic N) is 2. The summed E-state index contributed by atoms with van der Waals surface area (Å²) in [6, 6.07) is 10.6. The number of amides is 3. The lowest BCUT2D eigenvalue weighted by Crippen LogP contribution is -2.54. The Kier molecular flexibility index (Phi) is 6.14. The first-order valence-electron chi connectivity index (χ1n) is 9.61. The van der Waals surface area contributed by atoms with Crippen molar-refractivity contribution in [1.82, 2.24) is 9.80 Å². The molecule has 2 aliphatic rings. The second-order valence-electron chi connectivity index (χ2n) is 7.27. The van der Waals surface area contributed by atoms with Gasteiger partial charge in [0.25, 0.3) is 5.91 Å². The first-order chi connectivity index (χ1) is 14.4. The summed E-state index contributed by atoms with van der Waals surface area (Å²) in [7, 11) is 0. The monoisotopic (exact) mass is 467 g/mol. The number of carbonyl (C=O) groups is 2. The number of thioether (sulfide) groups is 1. The molecule has 0 aliphatic carbocycles. The number of anilines is 1. The van der Waals surface area contributed by atoms with Gasteiger partial charge in [0.1, 0.15) is 5.82 Å². The molecule has 9 heteroatoms. The summed E-state index contributed by atoms with van der Waals surface area (Å²) in [6.45, 7) is 1.58. The number of halogens is 3. The quantitative estimate of drug-likeness (QED) is 0.647. The van der Waals surface area contributed by atoms with Gasteiger partial charge in [-0.25, -0.2) is 9.18 Å². The summed E-state index contributed by atoms with van der Waals surface area (Å²) in [5.74, 6) is 0.242. The number of likely N-dealkylation sites (tertiary alicyclic amines) is 1. The minimum absolute atomic E-state index is 0.120. The van der Waals surface area contributed by atoms with E-state index in [0.29, 0.717) is 48.1 Å². The Balaban J connectivity index is 1.44. The fourth-order valence-electron chi connectivity index (χ4n) is 3.93. The lowest BCUT2D eigenvalue weighted by molar-refractivity contribution is 0.0586. The number of carbonyl (C=O) groups excluding carboxylic acids is 2. The second-order valence-corrected chi connectivity index (χ2v) is 9.57. The number of hydrogen-bond acceptors (Lipinski definition) is 3. The molecule has 0 saturated carbocycles. The molecule has 30 heavy (non-hydrogen) atoms. The Labute approximate surface area is 188 Å². The first kappa shape index (κ1) is 21.3. The van der Waals surface area contributed by atoms with Crippen molar-refractivity contribution in [2.24, 2.45) is 0 Å². The van der Waals surface area contributed by atoms with Crippen molar-refractivity contribution in [3.05, 3.63) is 63.9 Å². The normalized spacial score (nSPS) is 18.0. The number of hydrogen-bond donors (Lipinski definition) is 1. The molecule has 5 nitrogen and oxygen atoms in total. The van der Waals surface area contributed by atoms with E-state index in [1.807, 2.05) is 4.90 Å². The maximum Gasteiger partial charge on any atom is 0.321 e. The van der Waals surface area contributed by atoms with Gasteiger partial charge in [-0.2, -0.15) is 0 Å².